The van der Waals surface area contributed by atoms with Crippen LogP contribution in [0.25, 0.3) is 0 Å². The Labute approximate surface area is 86.2 Å². The van der Waals surface area contributed by atoms with E-state index in [1.54, 1.807) is 12.1 Å². The van der Waals surface area contributed by atoms with Crippen LogP contribution in [-0.4, -0.2) is 7.11 Å². The molecule has 1 rings (SSSR count). The number of halogens is 3. The van der Waals surface area contributed by atoms with E-state index in [4.69, 9.17) is 39.5 Å². The first-order chi connectivity index (χ1) is 5.70. The van der Waals surface area contributed by atoms with E-state index in [0.717, 1.165) is 5.56 Å². The highest BCUT2D eigenvalue weighted by Gasteiger charge is 2.09. The average Bonchev–Trinajstić information content (AvgIpc) is 2.09. The van der Waals surface area contributed by atoms with Gasteiger partial charge in [-0.3, -0.25) is 0 Å². The summed E-state index contributed by atoms with van der Waals surface area (Å²) in [7, 11) is 1.54. The van der Waals surface area contributed by atoms with Gasteiger partial charge in [0.1, 0.15) is 10.8 Å². The average molecular weight is 226 g/mol. The third-order valence-corrected chi connectivity index (χ3v) is 2.55. The molecule has 0 atom stereocenters. The molecule has 12 heavy (non-hydrogen) atoms. The van der Waals surface area contributed by atoms with Gasteiger partial charge in [0.05, 0.1) is 18.0 Å². The number of methoxy groups -OCH3 is 1. The zero-order valence-corrected chi connectivity index (χ0v) is 8.67. The van der Waals surface area contributed by atoms with Gasteiger partial charge in [-0.25, -0.2) is 0 Å². The fourth-order valence-corrected chi connectivity index (χ4v) is 1.52. The minimum absolute atomic E-state index is 0.361. The van der Waals surface area contributed by atoms with E-state index in [9.17, 15) is 0 Å². The molecule has 0 amide bonds. The second-order valence-corrected chi connectivity index (χ2v) is 3.24. The lowest BCUT2D eigenvalue weighted by molar-refractivity contribution is 0.411. The molecule has 1 aromatic rings. The molecule has 0 aliphatic heterocycles. The monoisotopic (exact) mass is 224 g/mol. The van der Waals surface area contributed by atoms with Crippen molar-refractivity contribution in [2.75, 3.05) is 7.11 Å². The minimum atomic E-state index is 0.361. The predicted molar refractivity (Wildman–Crippen MR) is 52.6 cm³/mol. The highest BCUT2D eigenvalue weighted by atomic mass is 35.5. The van der Waals surface area contributed by atoms with Crippen molar-refractivity contribution in [3.63, 3.8) is 0 Å². The maximum atomic E-state index is 5.86. The second kappa shape index (κ2) is 4.22. The molecule has 0 fully saturated rings. The molecule has 0 heterocycles. The lowest BCUT2D eigenvalue weighted by atomic mass is 10.2. The molecule has 4 heteroatoms. The van der Waals surface area contributed by atoms with Gasteiger partial charge >= 0.3 is 0 Å². The van der Waals surface area contributed by atoms with Gasteiger partial charge in [-0.05, 0) is 6.07 Å². The highest BCUT2D eigenvalue weighted by molar-refractivity contribution is 6.43. The Morgan fingerprint density at radius 2 is 2.00 bits per heavy atom. The lowest BCUT2D eigenvalue weighted by Gasteiger charge is -2.08. The van der Waals surface area contributed by atoms with Gasteiger partial charge in [-0.2, -0.15) is 0 Å². The second-order valence-electron chi connectivity index (χ2n) is 2.19. The normalized spacial score (nSPS) is 10.0. The van der Waals surface area contributed by atoms with Gasteiger partial charge in [0.25, 0.3) is 0 Å². The number of hydrogen-bond donors (Lipinski definition) is 0. The Morgan fingerprint density at radius 1 is 1.33 bits per heavy atom. The SMILES string of the molecule is COc1c(CCl)ccc(Cl)c1Cl. The van der Waals surface area contributed by atoms with Crippen molar-refractivity contribution >= 4 is 34.8 Å². The largest absolute Gasteiger partial charge is 0.495 e. The van der Waals surface area contributed by atoms with Crippen molar-refractivity contribution in [2.24, 2.45) is 0 Å². The third-order valence-electron chi connectivity index (χ3n) is 1.48. The number of rotatable bonds is 2. The molecule has 1 nitrogen and oxygen atoms in total. The quantitative estimate of drug-likeness (QED) is 0.697. The van der Waals surface area contributed by atoms with Crippen molar-refractivity contribution < 1.29 is 4.74 Å². The third kappa shape index (κ3) is 1.79. The van der Waals surface area contributed by atoms with Crippen LogP contribution < -0.4 is 4.74 Å². The molecule has 0 saturated carbocycles. The van der Waals surface area contributed by atoms with Crippen LogP contribution in [0.4, 0.5) is 0 Å². The van der Waals surface area contributed by atoms with Crippen molar-refractivity contribution in [3.8, 4) is 5.75 Å². The van der Waals surface area contributed by atoms with Crippen LogP contribution in [-0.2, 0) is 5.88 Å². The first kappa shape index (κ1) is 9.97. The van der Waals surface area contributed by atoms with E-state index >= 15 is 0 Å². The molecule has 0 N–H and O–H groups in total. The topological polar surface area (TPSA) is 9.23 Å². The maximum Gasteiger partial charge on any atom is 0.143 e. The molecule has 66 valence electrons. The van der Waals surface area contributed by atoms with E-state index in [2.05, 4.69) is 0 Å². The van der Waals surface area contributed by atoms with Gasteiger partial charge in [-0.15, -0.1) is 11.6 Å². The summed E-state index contributed by atoms with van der Waals surface area (Å²) in [6.07, 6.45) is 0. The van der Waals surface area contributed by atoms with E-state index in [1.165, 1.54) is 7.11 Å². The van der Waals surface area contributed by atoms with Gasteiger partial charge in [0, 0.05) is 5.56 Å². The summed E-state index contributed by atoms with van der Waals surface area (Å²) in [4.78, 5) is 0. The Kier molecular flexibility index (Phi) is 3.51. The smallest absolute Gasteiger partial charge is 0.143 e. The number of alkyl halides is 1. The minimum Gasteiger partial charge on any atom is -0.495 e. The van der Waals surface area contributed by atoms with Crippen molar-refractivity contribution in [2.45, 2.75) is 5.88 Å². The first-order valence-corrected chi connectivity index (χ1v) is 4.56. The van der Waals surface area contributed by atoms with Gasteiger partial charge in [0.2, 0.25) is 0 Å². The highest BCUT2D eigenvalue weighted by Crippen LogP contribution is 2.35. The molecule has 0 aliphatic rings. The van der Waals surface area contributed by atoms with Crippen LogP contribution in [0.1, 0.15) is 5.56 Å². The lowest BCUT2D eigenvalue weighted by Crippen LogP contribution is -1.90. The molecular weight excluding hydrogens is 218 g/mol. The van der Waals surface area contributed by atoms with Crippen LogP contribution in [0.2, 0.25) is 10.0 Å². The van der Waals surface area contributed by atoms with Crippen molar-refractivity contribution in [1.82, 2.24) is 0 Å². The van der Waals surface area contributed by atoms with Crippen LogP contribution >= 0.6 is 34.8 Å². The van der Waals surface area contributed by atoms with Crippen molar-refractivity contribution in [3.05, 3.63) is 27.7 Å². The van der Waals surface area contributed by atoms with Gasteiger partial charge in [-0.1, -0.05) is 29.3 Å². The van der Waals surface area contributed by atoms with Gasteiger partial charge in [0.15, 0.2) is 0 Å². The molecule has 0 unspecified atom stereocenters. The summed E-state index contributed by atoms with van der Waals surface area (Å²) in [5, 5.41) is 0.889. The summed E-state index contributed by atoms with van der Waals surface area (Å²) < 4.78 is 5.05. The zero-order valence-electron chi connectivity index (χ0n) is 6.40. The van der Waals surface area contributed by atoms with Crippen LogP contribution in [0.15, 0.2) is 12.1 Å². The number of ether oxygens (including phenoxy) is 1. The first-order valence-electron chi connectivity index (χ1n) is 3.27. The number of hydrogen-bond acceptors (Lipinski definition) is 1. The molecular formula is C8H7Cl3O. The summed E-state index contributed by atoms with van der Waals surface area (Å²) in [6.45, 7) is 0. The summed E-state index contributed by atoms with van der Waals surface area (Å²) in [6, 6.07) is 3.49. The summed E-state index contributed by atoms with van der Waals surface area (Å²) in [5.74, 6) is 0.916. The summed E-state index contributed by atoms with van der Waals surface area (Å²) in [5.41, 5.74) is 0.841. The Bertz CT molecular complexity index is 286. The molecule has 0 spiro atoms. The van der Waals surface area contributed by atoms with Crippen molar-refractivity contribution in [1.29, 1.82) is 0 Å². The molecule has 0 bridgehead atoms. The fourth-order valence-electron chi connectivity index (χ4n) is 0.898. The zero-order chi connectivity index (χ0) is 9.14. The Morgan fingerprint density at radius 3 is 2.50 bits per heavy atom. The van der Waals surface area contributed by atoms with E-state index < -0.39 is 0 Å². The van der Waals surface area contributed by atoms with Crippen LogP contribution in [0.3, 0.4) is 0 Å². The fraction of sp³-hybridized carbons (Fsp3) is 0.250. The molecule has 1 aromatic carbocycles. The Balaban J connectivity index is 3.25. The standard InChI is InChI=1S/C8H7Cl3O/c1-12-8-5(4-9)2-3-6(10)7(8)11/h2-3H,4H2,1H3. The maximum absolute atomic E-state index is 5.86. The van der Waals surface area contributed by atoms with E-state index in [1.807, 2.05) is 0 Å². The Hall–Kier alpha value is -0.110. The predicted octanol–water partition coefficient (Wildman–Crippen LogP) is 3.74. The van der Waals surface area contributed by atoms with E-state index in [0.29, 0.717) is 21.7 Å². The van der Waals surface area contributed by atoms with Crippen LogP contribution in [0, 0.1) is 0 Å². The molecule has 0 aliphatic carbocycles. The van der Waals surface area contributed by atoms with Crippen LogP contribution in [0.5, 0.6) is 5.75 Å². The molecule has 0 saturated heterocycles. The summed E-state index contributed by atoms with van der Waals surface area (Å²) >= 11 is 17.3. The van der Waals surface area contributed by atoms with Gasteiger partial charge < -0.3 is 4.74 Å². The van der Waals surface area contributed by atoms with E-state index in [-0.39, 0.29) is 0 Å². The molecule has 0 aromatic heterocycles. The molecule has 0 radical (unpaired) electrons. The number of benzene rings is 1.